The summed E-state index contributed by atoms with van der Waals surface area (Å²) in [5, 5.41) is 11.1. The van der Waals surface area contributed by atoms with E-state index in [-0.39, 0.29) is 28.8 Å². The standard InChI is InChI=1S/C21H22ClFN2O2/c22-17-12-14(23)6-5-13(17)11-18(26)25-9-7-21(8-10-25)16-4-2-1-3-15(16)19(24)20(21)27/h1-6,12,19-20,27H,7-11,24H2/t19-,20+/m1/s1. The van der Waals surface area contributed by atoms with Crippen LogP contribution >= 0.6 is 11.6 Å². The highest BCUT2D eigenvalue weighted by atomic mass is 35.5. The quantitative estimate of drug-likeness (QED) is 0.831. The van der Waals surface area contributed by atoms with E-state index in [1.165, 1.54) is 12.1 Å². The van der Waals surface area contributed by atoms with Crippen molar-refractivity contribution in [1.82, 2.24) is 4.90 Å². The van der Waals surface area contributed by atoms with Crippen LogP contribution in [0, 0.1) is 5.82 Å². The molecule has 1 aliphatic carbocycles. The Bertz CT molecular complexity index is 880. The van der Waals surface area contributed by atoms with Crippen molar-refractivity contribution in [2.45, 2.75) is 36.8 Å². The lowest BCUT2D eigenvalue weighted by Gasteiger charge is -2.42. The molecule has 0 saturated carbocycles. The van der Waals surface area contributed by atoms with Gasteiger partial charge in [-0.05, 0) is 41.7 Å². The zero-order valence-electron chi connectivity index (χ0n) is 14.9. The second-order valence-corrected chi connectivity index (χ2v) is 7.91. The first kappa shape index (κ1) is 18.4. The molecular formula is C21H22ClFN2O2. The number of hydrogen-bond donors (Lipinski definition) is 2. The molecule has 1 aliphatic heterocycles. The van der Waals surface area contributed by atoms with Crippen LogP contribution in [0.5, 0.6) is 0 Å². The highest BCUT2D eigenvalue weighted by Crippen LogP contribution is 2.50. The van der Waals surface area contributed by atoms with Crippen molar-refractivity contribution in [1.29, 1.82) is 0 Å². The number of carbonyl (C=O) groups excluding carboxylic acids is 1. The van der Waals surface area contributed by atoms with Gasteiger partial charge in [-0.3, -0.25) is 4.79 Å². The predicted octanol–water partition coefficient (Wildman–Crippen LogP) is 2.96. The van der Waals surface area contributed by atoms with Gasteiger partial charge in [0.1, 0.15) is 5.82 Å². The van der Waals surface area contributed by atoms with E-state index in [0.29, 0.717) is 31.5 Å². The number of aliphatic hydroxyl groups is 1. The molecule has 0 radical (unpaired) electrons. The molecular weight excluding hydrogens is 367 g/mol. The number of likely N-dealkylation sites (tertiary alicyclic amines) is 1. The van der Waals surface area contributed by atoms with Crippen molar-refractivity contribution in [2.24, 2.45) is 5.73 Å². The van der Waals surface area contributed by atoms with Crippen LogP contribution in [0.3, 0.4) is 0 Å². The zero-order chi connectivity index (χ0) is 19.2. The minimum absolute atomic E-state index is 0.0385. The van der Waals surface area contributed by atoms with Crippen LogP contribution in [0.15, 0.2) is 42.5 Å². The van der Waals surface area contributed by atoms with E-state index < -0.39 is 11.9 Å². The van der Waals surface area contributed by atoms with Crippen molar-refractivity contribution in [3.63, 3.8) is 0 Å². The van der Waals surface area contributed by atoms with E-state index >= 15 is 0 Å². The van der Waals surface area contributed by atoms with Gasteiger partial charge in [-0.1, -0.05) is 41.9 Å². The van der Waals surface area contributed by atoms with Gasteiger partial charge < -0.3 is 15.7 Å². The third kappa shape index (κ3) is 3.04. The number of hydrogen-bond acceptors (Lipinski definition) is 3. The molecule has 0 bridgehead atoms. The molecule has 0 unspecified atom stereocenters. The van der Waals surface area contributed by atoms with E-state index in [9.17, 15) is 14.3 Å². The molecule has 2 atom stereocenters. The van der Waals surface area contributed by atoms with Crippen molar-refractivity contribution in [3.8, 4) is 0 Å². The summed E-state index contributed by atoms with van der Waals surface area (Å²) in [5.74, 6) is -0.454. The molecule has 27 heavy (non-hydrogen) atoms. The fraction of sp³-hybridized carbons (Fsp3) is 0.381. The molecule has 1 spiro atoms. The average Bonchev–Trinajstić information content (AvgIpc) is 2.87. The molecule has 1 heterocycles. The van der Waals surface area contributed by atoms with Gasteiger partial charge >= 0.3 is 0 Å². The first-order chi connectivity index (χ1) is 12.9. The Hall–Kier alpha value is -1.95. The number of halogens is 2. The number of aliphatic hydroxyl groups excluding tert-OH is 1. The first-order valence-corrected chi connectivity index (χ1v) is 9.55. The Kier molecular flexibility index (Phi) is 4.70. The lowest BCUT2D eigenvalue weighted by molar-refractivity contribution is -0.132. The third-order valence-electron chi connectivity index (χ3n) is 6.13. The minimum atomic E-state index is -0.640. The van der Waals surface area contributed by atoms with Gasteiger partial charge in [-0.15, -0.1) is 0 Å². The Morgan fingerprint density at radius 3 is 2.67 bits per heavy atom. The van der Waals surface area contributed by atoms with Crippen molar-refractivity contribution in [2.75, 3.05) is 13.1 Å². The molecule has 2 aromatic carbocycles. The van der Waals surface area contributed by atoms with Gasteiger partial charge in [-0.25, -0.2) is 4.39 Å². The topological polar surface area (TPSA) is 66.6 Å². The number of benzene rings is 2. The van der Waals surface area contributed by atoms with E-state index in [2.05, 4.69) is 0 Å². The van der Waals surface area contributed by atoms with Crippen LogP contribution in [-0.4, -0.2) is 35.1 Å². The summed E-state index contributed by atoms with van der Waals surface area (Å²) < 4.78 is 13.2. The van der Waals surface area contributed by atoms with Gasteiger partial charge in [0.15, 0.2) is 0 Å². The van der Waals surface area contributed by atoms with Gasteiger partial charge in [0.2, 0.25) is 5.91 Å². The summed E-state index contributed by atoms with van der Waals surface area (Å²) in [6.45, 7) is 1.10. The number of nitrogens with two attached hydrogens (primary N) is 1. The van der Waals surface area contributed by atoms with Gasteiger partial charge in [0, 0.05) is 23.5 Å². The fourth-order valence-corrected chi connectivity index (χ4v) is 4.81. The lowest BCUT2D eigenvalue weighted by atomic mass is 9.72. The molecule has 4 nitrogen and oxygen atoms in total. The normalized spacial score (nSPS) is 23.5. The summed E-state index contributed by atoms with van der Waals surface area (Å²) in [4.78, 5) is 14.5. The molecule has 2 aliphatic rings. The summed E-state index contributed by atoms with van der Waals surface area (Å²) in [6, 6.07) is 11.6. The highest BCUT2D eigenvalue weighted by Gasteiger charge is 2.51. The molecule has 6 heteroatoms. The monoisotopic (exact) mass is 388 g/mol. The largest absolute Gasteiger partial charge is 0.390 e. The van der Waals surface area contributed by atoms with E-state index in [1.54, 1.807) is 11.0 Å². The van der Waals surface area contributed by atoms with E-state index in [4.69, 9.17) is 17.3 Å². The number of fused-ring (bicyclic) bond motifs is 2. The Balaban J connectivity index is 1.48. The Morgan fingerprint density at radius 1 is 1.26 bits per heavy atom. The predicted molar refractivity (Wildman–Crippen MR) is 102 cm³/mol. The molecule has 1 fully saturated rings. The Labute approximate surface area is 162 Å². The number of rotatable bonds is 2. The maximum Gasteiger partial charge on any atom is 0.227 e. The van der Waals surface area contributed by atoms with Gasteiger partial charge in [0.25, 0.3) is 0 Å². The number of piperidine rings is 1. The van der Waals surface area contributed by atoms with Crippen LogP contribution in [0.1, 0.15) is 35.6 Å². The average molecular weight is 389 g/mol. The SMILES string of the molecule is N[C@@H]1c2ccccc2C2(CCN(C(=O)Cc3ccc(F)cc3Cl)CC2)[C@H]1O. The molecule has 4 rings (SSSR count). The summed E-state index contributed by atoms with van der Waals surface area (Å²) in [6.07, 6.45) is 0.840. The maximum atomic E-state index is 13.2. The molecule has 142 valence electrons. The summed E-state index contributed by atoms with van der Waals surface area (Å²) in [7, 11) is 0. The smallest absolute Gasteiger partial charge is 0.227 e. The third-order valence-corrected chi connectivity index (χ3v) is 6.48. The second-order valence-electron chi connectivity index (χ2n) is 7.51. The second kappa shape index (κ2) is 6.89. The number of amides is 1. The van der Waals surface area contributed by atoms with Crippen LogP contribution in [0.4, 0.5) is 4.39 Å². The summed E-state index contributed by atoms with van der Waals surface area (Å²) in [5.41, 5.74) is 8.59. The zero-order valence-corrected chi connectivity index (χ0v) is 15.6. The molecule has 3 N–H and O–H groups in total. The Morgan fingerprint density at radius 2 is 1.96 bits per heavy atom. The highest BCUT2D eigenvalue weighted by molar-refractivity contribution is 6.31. The van der Waals surface area contributed by atoms with Crippen LogP contribution in [-0.2, 0) is 16.6 Å². The molecule has 2 aromatic rings. The number of carbonyl (C=O) groups is 1. The van der Waals surface area contributed by atoms with E-state index in [1.807, 2.05) is 24.3 Å². The fourth-order valence-electron chi connectivity index (χ4n) is 4.57. The maximum absolute atomic E-state index is 13.2. The molecule has 1 saturated heterocycles. The molecule has 0 aromatic heterocycles. The van der Waals surface area contributed by atoms with Crippen LogP contribution in [0.2, 0.25) is 5.02 Å². The van der Waals surface area contributed by atoms with Crippen molar-refractivity contribution >= 4 is 17.5 Å². The van der Waals surface area contributed by atoms with Gasteiger partial charge in [0.05, 0.1) is 18.6 Å². The number of nitrogens with zero attached hydrogens (tertiary/aromatic N) is 1. The minimum Gasteiger partial charge on any atom is -0.390 e. The van der Waals surface area contributed by atoms with Crippen molar-refractivity contribution < 1.29 is 14.3 Å². The van der Waals surface area contributed by atoms with E-state index in [0.717, 1.165) is 11.1 Å². The lowest BCUT2D eigenvalue weighted by Crippen LogP contribution is -2.50. The van der Waals surface area contributed by atoms with Crippen LogP contribution < -0.4 is 5.73 Å². The van der Waals surface area contributed by atoms with Gasteiger partial charge in [-0.2, -0.15) is 0 Å². The molecule has 1 amide bonds. The summed E-state index contributed by atoms with van der Waals surface area (Å²) >= 11 is 6.04. The van der Waals surface area contributed by atoms with Crippen molar-refractivity contribution in [3.05, 3.63) is 70.0 Å². The van der Waals surface area contributed by atoms with Crippen LogP contribution in [0.25, 0.3) is 0 Å². The first-order valence-electron chi connectivity index (χ1n) is 9.17.